The van der Waals surface area contributed by atoms with Gasteiger partial charge in [0.1, 0.15) is 5.69 Å². The number of rotatable bonds is 5. The van der Waals surface area contributed by atoms with Crippen LogP contribution >= 0.6 is 0 Å². The zero-order valence-electron chi connectivity index (χ0n) is 12.0. The summed E-state index contributed by atoms with van der Waals surface area (Å²) < 4.78 is 5.80. The Morgan fingerprint density at radius 1 is 1.50 bits per heavy atom. The number of hydrogen-bond donors (Lipinski definition) is 1. The van der Waals surface area contributed by atoms with E-state index in [4.69, 9.17) is 4.74 Å². The summed E-state index contributed by atoms with van der Waals surface area (Å²) in [6.45, 7) is 4.19. The van der Waals surface area contributed by atoms with Crippen LogP contribution in [0.3, 0.4) is 0 Å². The van der Waals surface area contributed by atoms with Gasteiger partial charge in [-0.1, -0.05) is 0 Å². The number of morpholine rings is 1. The summed E-state index contributed by atoms with van der Waals surface area (Å²) in [5.41, 5.74) is 0.676. The van der Waals surface area contributed by atoms with Gasteiger partial charge in [-0.05, 0) is 37.9 Å². The van der Waals surface area contributed by atoms with Crippen LogP contribution in [0.5, 0.6) is 0 Å². The highest BCUT2D eigenvalue weighted by Crippen LogP contribution is 2.30. The molecule has 110 valence electrons. The summed E-state index contributed by atoms with van der Waals surface area (Å²) in [5, 5.41) is 0. The Bertz CT molecular complexity index is 442. The lowest BCUT2D eigenvalue weighted by atomic mass is 10.2. The van der Waals surface area contributed by atoms with E-state index < -0.39 is 0 Å². The molecule has 0 aromatic carbocycles. The minimum absolute atomic E-state index is 0.0960. The van der Waals surface area contributed by atoms with E-state index in [0.29, 0.717) is 18.2 Å². The van der Waals surface area contributed by atoms with Crippen LogP contribution < -0.4 is 0 Å². The normalized spacial score (nSPS) is 23.8. The summed E-state index contributed by atoms with van der Waals surface area (Å²) in [7, 11) is 2.10. The molecule has 1 saturated heterocycles. The summed E-state index contributed by atoms with van der Waals surface area (Å²) in [6, 6.07) is 3.71. The molecule has 1 N–H and O–H groups in total. The molecule has 1 aliphatic heterocycles. The molecule has 20 heavy (non-hydrogen) atoms. The molecule has 2 aliphatic rings. The van der Waals surface area contributed by atoms with Gasteiger partial charge in [-0.3, -0.25) is 4.79 Å². The fourth-order valence-electron chi connectivity index (χ4n) is 2.71. The third-order valence-electron chi connectivity index (χ3n) is 4.06. The van der Waals surface area contributed by atoms with Crippen molar-refractivity contribution < 1.29 is 9.53 Å². The topological polar surface area (TPSA) is 48.6 Å². The Hall–Kier alpha value is -1.33. The second kappa shape index (κ2) is 5.97. The summed E-state index contributed by atoms with van der Waals surface area (Å²) in [5.74, 6) is 0.786. The Morgan fingerprint density at radius 3 is 3.00 bits per heavy atom. The van der Waals surface area contributed by atoms with Crippen molar-refractivity contribution in [3.8, 4) is 0 Å². The lowest BCUT2D eigenvalue weighted by Crippen LogP contribution is -2.48. The fraction of sp³-hybridized carbons (Fsp3) is 0.667. The van der Waals surface area contributed by atoms with Crippen molar-refractivity contribution in [2.75, 3.05) is 39.8 Å². The Morgan fingerprint density at radius 2 is 2.35 bits per heavy atom. The van der Waals surface area contributed by atoms with Gasteiger partial charge in [0.25, 0.3) is 5.91 Å². The number of hydrogen-bond acceptors (Lipinski definition) is 3. The SMILES string of the molecule is CN1CCOC(CN(CC2CC2)C(=O)c2ccc[nH]2)C1. The van der Waals surface area contributed by atoms with Crippen LogP contribution in [-0.2, 0) is 4.74 Å². The first-order valence-electron chi connectivity index (χ1n) is 7.45. The van der Waals surface area contributed by atoms with E-state index in [1.54, 1.807) is 6.20 Å². The minimum Gasteiger partial charge on any atom is -0.374 e. The maximum atomic E-state index is 12.5. The molecule has 0 spiro atoms. The van der Waals surface area contributed by atoms with Gasteiger partial charge in [0.2, 0.25) is 0 Å². The third kappa shape index (κ3) is 3.41. The van der Waals surface area contributed by atoms with E-state index in [1.165, 1.54) is 12.8 Å². The van der Waals surface area contributed by atoms with E-state index in [0.717, 1.165) is 26.2 Å². The molecule has 1 atom stereocenters. The maximum absolute atomic E-state index is 12.5. The Labute approximate surface area is 119 Å². The number of nitrogens with zero attached hydrogens (tertiary/aromatic N) is 2. The lowest BCUT2D eigenvalue weighted by Gasteiger charge is -2.34. The van der Waals surface area contributed by atoms with Crippen molar-refractivity contribution in [2.24, 2.45) is 5.92 Å². The summed E-state index contributed by atoms with van der Waals surface area (Å²) in [4.78, 5) is 19.8. The van der Waals surface area contributed by atoms with Gasteiger partial charge < -0.3 is 19.5 Å². The maximum Gasteiger partial charge on any atom is 0.270 e. The molecule has 2 heterocycles. The largest absolute Gasteiger partial charge is 0.374 e. The van der Waals surface area contributed by atoms with Crippen LogP contribution in [0, 0.1) is 5.92 Å². The Balaban J connectivity index is 1.64. The number of carbonyl (C=O) groups excluding carboxylic acids is 1. The van der Waals surface area contributed by atoms with Gasteiger partial charge in [-0.2, -0.15) is 0 Å². The number of nitrogens with one attached hydrogen (secondary N) is 1. The first-order valence-corrected chi connectivity index (χ1v) is 7.45. The van der Waals surface area contributed by atoms with E-state index in [9.17, 15) is 4.79 Å². The predicted octanol–water partition coefficient (Wildman–Crippen LogP) is 1.20. The van der Waals surface area contributed by atoms with Gasteiger partial charge in [0.15, 0.2) is 0 Å². The van der Waals surface area contributed by atoms with Gasteiger partial charge >= 0.3 is 0 Å². The highest BCUT2D eigenvalue weighted by molar-refractivity contribution is 5.92. The number of H-pyrrole nitrogens is 1. The molecule has 1 unspecified atom stereocenters. The number of aromatic amines is 1. The van der Waals surface area contributed by atoms with Crippen molar-refractivity contribution >= 4 is 5.91 Å². The molecule has 5 heteroatoms. The van der Waals surface area contributed by atoms with Gasteiger partial charge in [-0.25, -0.2) is 0 Å². The molecule has 3 rings (SSSR count). The van der Waals surface area contributed by atoms with Crippen LogP contribution in [0.15, 0.2) is 18.3 Å². The van der Waals surface area contributed by atoms with Crippen LogP contribution in [0.2, 0.25) is 0 Å². The van der Waals surface area contributed by atoms with Gasteiger partial charge in [0, 0.05) is 32.4 Å². The zero-order chi connectivity index (χ0) is 13.9. The summed E-state index contributed by atoms with van der Waals surface area (Å²) >= 11 is 0. The molecule has 5 nitrogen and oxygen atoms in total. The average Bonchev–Trinajstić information content (AvgIpc) is 3.08. The average molecular weight is 277 g/mol. The van der Waals surface area contributed by atoms with E-state index >= 15 is 0 Å². The molecule has 2 fully saturated rings. The van der Waals surface area contributed by atoms with Crippen LogP contribution in [-0.4, -0.2) is 66.6 Å². The molecule has 1 amide bonds. The van der Waals surface area contributed by atoms with Crippen molar-refractivity contribution in [3.63, 3.8) is 0 Å². The number of ether oxygens (including phenoxy) is 1. The van der Waals surface area contributed by atoms with Crippen molar-refractivity contribution in [1.82, 2.24) is 14.8 Å². The summed E-state index contributed by atoms with van der Waals surface area (Å²) in [6.07, 6.45) is 4.43. The number of aromatic nitrogens is 1. The highest BCUT2D eigenvalue weighted by Gasteiger charge is 2.30. The van der Waals surface area contributed by atoms with Crippen LogP contribution in [0.1, 0.15) is 23.3 Å². The number of carbonyl (C=O) groups is 1. The van der Waals surface area contributed by atoms with Crippen LogP contribution in [0.25, 0.3) is 0 Å². The molecule has 1 aliphatic carbocycles. The monoisotopic (exact) mass is 277 g/mol. The number of likely N-dealkylation sites (N-methyl/N-ethyl adjacent to an activating group) is 1. The standard InChI is InChI=1S/C15H23N3O2/c1-17-7-8-20-13(10-17)11-18(9-12-4-5-12)15(19)14-3-2-6-16-14/h2-3,6,12-13,16H,4-5,7-11H2,1H3. The van der Waals surface area contributed by atoms with Gasteiger partial charge in [-0.15, -0.1) is 0 Å². The minimum atomic E-state index is 0.0960. The van der Waals surface area contributed by atoms with E-state index in [1.807, 2.05) is 17.0 Å². The second-order valence-corrected chi connectivity index (χ2v) is 5.99. The van der Waals surface area contributed by atoms with Crippen LogP contribution in [0.4, 0.5) is 0 Å². The molecule has 0 bridgehead atoms. The molecule has 1 saturated carbocycles. The first kappa shape index (κ1) is 13.6. The Kier molecular flexibility index (Phi) is 4.08. The van der Waals surface area contributed by atoms with Crippen molar-refractivity contribution in [1.29, 1.82) is 0 Å². The lowest BCUT2D eigenvalue weighted by molar-refractivity contribution is -0.0332. The van der Waals surface area contributed by atoms with Crippen molar-refractivity contribution in [2.45, 2.75) is 18.9 Å². The molecule has 0 radical (unpaired) electrons. The third-order valence-corrected chi connectivity index (χ3v) is 4.06. The molecule has 1 aromatic heterocycles. The smallest absolute Gasteiger partial charge is 0.270 e. The molecular formula is C15H23N3O2. The van der Waals surface area contributed by atoms with E-state index in [-0.39, 0.29) is 12.0 Å². The quantitative estimate of drug-likeness (QED) is 0.880. The first-order chi connectivity index (χ1) is 9.72. The van der Waals surface area contributed by atoms with E-state index in [2.05, 4.69) is 16.9 Å². The molecule has 1 aromatic rings. The number of amides is 1. The fourth-order valence-corrected chi connectivity index (χ4v) is 2.71. The second-order valence-electron chi connectivity index (χ2n) is 5.99. The predicted molar refractivity (Wildman–Crippen MR) is 76.7 cm³/mol. The molecular weight excluding hydrogens is 254 g/mol. The van der Waals surface area contributed by atoms with Crippen molar-refractivity contribution in [3.05, 3.63) is 24.0 Å². The highest BCUT2D eigenvalue weighted by atomic mass is 16.5. The zero-order valence-corrected chi connectivity index (χ0v) is 12.0. The van der Waals surface area contributed by atoms with Gasteiger partial charge in [0.05, 0.1) is 12.7 Å².